The number of ether oxygens (including phenoxy) is 1. The lowest BCUT2D eigenvalue weighted by Crippen LogP contribution is -2.50. The number of sulfonamides is 1. The Bertz CT molecular complexity index is 1090. The lowest BCUT2D eigenvalue weighted by molar-refractivity contribution is -0.384. The second-order valence-corrected chi connectivity index (χ2v) is 9.01. The molecule has 0 spiro atoms. The van der Waals surface area contributed by atoms with Crippen molar-refractivity contribution in [1.29, 1.82) is 0 Å². The maximum atomic E-state index is 13.0. The number of carbonyl (C=O) groups is 1. The van der Waals surface area contributed by atoms with Gasteiger partial charge in [0, 0.05) is 38.3 Å². The smallest absolute Gasteiger partial charge is 0.270 e. The van der Waals surface area contributed by atoms with E-state index in [1.165, 1.54) is 34.5 Å². The number of carbonyl (C=O) groups excluding carboxylic acids is 1. The molecule has 1 fully saturated rings. The molecule has 0 saturated carbocycles. The minimum Gasteiger partial charge on any atom is -0.496 e. The van der Waals surface area contributed by atoms with Gasteiger partial charge in [0.2, 0.25) is 10.0 Å². The number of methoxy groups -OCH3 is 1. The molecule has 2 aromatic carbocycles. The Morgan fingerprint density at radius 3 is 2.30 bits per heavy atom. The van der Waals surface area contributed by atoms with E-state index >= 15 is 0 Å². The van der Waals surface area contributed by atoms with Crippen LogP contribution in [0.5, 0.6) is 5.75 Å². The van der Waals surface area contributed by atoms with Gasteiger partial charge in [-0.1, -0.05) is 17.7 Å². The number of nitrogens with zero attached hydrogens (tertiary/aromatic N) is 3. The summed E-state index contributed by atoms with van der Waals surface area (Å²) in [6, 6.07) is 9.01. The van der Waals surface area contributed by atoms with Crippen LogP contribution in [0.3, 0.4) is 0 Å². The second-order valence-electron chi connectivity index (χ2n) is 7.11. The third-order valence-corrected chi connectivity index (χ3v) is 7.16. The maximum absolute atomic E-state index is 13.0. The van der Waals surface area contributed by atoms with E-state index in [0.29, 0.717) is 5.56 Å². The summed E-state index contributed by atoms with van der Waals surface area (Å²) in [5, 5.41) is 11.1. The van der Waals surface area contributed by atoms with E-state index in [4.69, 9.17) is 4.74 Å². The molecule has 1 amide bonds. The summed E-state index contributed by atoms with van der Waals surface area (Å²) in [7, 11) is -2.29. The van der Waals surface area contributed by atoms with Crippen LogP contribution in [0.25, 0.3) is 0 Å². The van der Waals surface area contributed by atoms with Crippen LogP contribution < -0.4 is 4.74 Å². The zero-order valence-electron chi connectivity index (χ0n) is 17.0. The molecule has 1 heterocycles. The van der Waals surface area contributed by atoms with Gasteiger partial charge in [-0.3, -0.25) is 14.9 Å². The molecule has 1 aliphatic rings. The number of nitro benzene ring substituents is 1. The Kier molecular flexibility index (Phi) is 6.09. The summed E-state index contributed by atoms with van der Waals surface area (Å²) in [6.07, 6.45) is 0. The first kappa shape index (κ1) is 21.7. The molecule has 0 N–H and O–H groups in total. The van der Waals surface area contributed by atoms with Gasteiger partial charge < -0.3 is 9.64 Å². The van der Waals surface area contributed by atoms with Crippen molar-refractivity contribution < 1.29 is 22.9 Å². The highest BCUT2D eigenvalue weighted by Crippen LogP contribution is 2.27. The van der Waals surface area contributed by atoms with E-state index in [1.54, 1.807) is 19.1 Å². The van der Waals surface area contributed by atoms with Crippen LogP contribution in [0.15, 0.2) is 41.3 Å². The zero-order valence-corrected chi connectivity index (χ0v) is 17.8. The number of nitro groups is 1. The highest BCUT2D eigenvalue weighted by molar-refractivity contribution is 7.89. The number of aryl methyl sites for hydroxylation is 2. The number of hydrogen-bond acceptors (Lipinski definition) is 6. The lowest BCUT2D eigenvalue weighted by Gasteiger charge is -2.34. The molecular weight excluding hydrogens is 410 g/mol. The van der Waals surface area contributed by atoms with Gasteiger partial charge >= 0.3 is 0 Å². The second kappa shape index (κ2) is 8.41. The molecule has 1 saturated heterocycles. The van der Waals surface area contributed by atoms with Crippen molar-refractivity contribution in [2.75, 3.05) is 33.3 Å². The number of rotatable bonds is 5. The fraction of sp³-hybridized carbons (Fsp3) is 0.350. The molecular formula is C20H23N3O6S. The third-order valence-electron chi connectivity index (χ3n) is 5.10. The van der Waals surface area contributed by atoms with Crippen molar-refractivity contribution in [3.05, 3.63) is 63.2 Å². The lowest BCUT2D eigenvalue weighted by atomic mass is 10.1. The van der Waals surface area contributed by atoms with Gasteiger partial charge in [0.05, 0.1) is 22.5 Å². The van der Waals surface area contributed by atoms with E-state index in [-0.39, 0.29) is 48.1 Å². The predicted octanol–water partition coefficient (Wildman–Crippen LogP) is 2.37. The molecule has 160 valence electrons. The van der Waals surface area contributed by atoms with Gasteiger partial charge in [0.25, 0.3) is 11.6 Å². The van der Waals surface area contributed by atoms with Crippen molar-refractivity contribution in [3.63, 3.8) is 0 Å². The molecule has 0 unspecified atom stereocenters. The Balaban J connectivity index is 1.78. The molecule has 0 aromatic heterocycles. The van der Waals surface area contributed by atoms with Crippen LogP contribution in [-0.4, -0.2) is 61.7 Å². The third kappa shape index (κ3) is 4.14. The summed E-state index contributed by atoms with van der Waals surface area (Å²) >= 11 is 0. The number of benzene rings is 2. The largest absolute Gasteiger partial charge is 0.496 e. The molecule has 9 nitrogen and oxygen atoms in total. The van der Waals surface area contributed by atoms with E-state index in [9.17, 15) is 23.3 Å². The van der Waals surface area contributed by atoms with Gasteiger partial charge in [-0.25, -0.2) is 8.42 Å². The van der Waals surface area contributed by atoms with E-state index in [2.05, 4.69) is 0 Å². The van der Waals surface area contributed by atoms with Gasteiger partial charge in [0.1, 0.15) is 5.75 Å². The first-order valence-corrected chi connectivity index (χ1v) is 10.8. The quantitative estimate of drug-likeness (QED) is 0.529. The monoisotopic (exact) mass is 433 g/mol. The maximum Gasteiger partial charge on any atom is 0.270 e. The normalized spacial score (nSPS) is 15.1. The molecule has 0 aliphatic carbocycles. The van der Waals surface area contributed by atoms with Crippen LogP contribution in [-0.2, 0) is 10.0 Å². The molecule has 2 aromatic rings. The molecule has 3 rings (SSSR count). The van der Waals surface area contributed by atoms with E-state index < -0.39 is 20.9 Å². The highest BCUT2D eigenvalue weighted by atomic mass is 32.2. The first-order chi connectivity index (χ1) is 14.1. The molecule has 30 heavy (non-hydrogen) atoms. The van der Waals surface area contributed by atoms with Crippen molar-refractivity contribution in [1.82, 2.24) is 9.21 Å². The summed E-state index contributed by atoms with van der Waals surface area (Å²) in [5.74, 6) is -0.199. The number of amides is 1. The average molecular weight is 433 g/mol. The first-order valence-electron chi connectivity index (χ1n) is 9.34. The number of hydrogen-bond donors (Lipinski definition) is 0. The van der Waals surface area contributed by atoms with Gasteiger partial charge in [-0.05, 0) is 31.5 Å². The summed E-state index contributed by atoms with van der Waals surface area (Å²) in [4.78, 5) is 25.1. The van der Waals surface area contributed by atoms with Crippen LogP contribution in [0, 0.1) is 24.0 Å². The highest BCUT2D eigenvalue weighted by Gasteiger charge is 2.32. The average Bonchev–Trinajstić information content (AvgIpc) is 2.72. The predicted molar refractivity (Wildman–Crippen MR) is 110 cm³/mol. The summed E-state index contributed by atoms with van der Waals surface area (Å²) in [6.45, 7) is 4.28. The minimum absolute atomic E-state index is 0.0809. The Morgan fingerprint density at radius 2 is 1.73 bits per heavy atom. The van der Waals surface area contributed by atoms with Gasteiger partial charge in [0.15, 0.2) is 0 Å². The van der Waals surface area contributed by atoms with Crippen LogP contribution in [0.1, 0.15) is 21.5 Å². The molecule has 0 bridgehead atoms. The molecule has 1 aliphatic heterocycles. The minimum atomic E-state index is -3.67. The van der Waals surface area contributed by atoms with Crippen molar-refractivity contribution in [2.45, 2.75) is 18.7 Å². The zero-order chi connectivity index (χ0) is 22.1. The number of piperazine rings is 1. The Morgan fingerprint density at radius 1 is 1.07 bits per heavy atom. The Labute approximate surface area is 175 Å². The topological polar surface area (TPSA) is 110 Å². The SMILES string of the molecule is COc1ccc([N+](=O)[O-])cc1C(=O)N1CCN(S(=O)(=O)c2ccc(C)cc2C)CC1. The van der Waals surface area contributed by atoms with Crippen molar-refractivity contribution >= 4 is 21.6 Å². The molecule has 10 heteroatoms. The fourth-order valence-corrected chi connectivity index (χ4v) is 5.13. The van der Waals surface area contributed by atoms with Gasteiger partial charge in [-0.2, -0.15) is 4.31 Å². The summed E-state index contributed by atoms with van der Waals surface area (Å²) in [5.41, 5.74) is 1.52. The summed E-state index contributed by atoms with van der Waals surface area (Å²) < 4.78 is 32.6. The number of non-ortho nitro benzene ring substituents is 1. The Hall–Kier alpha value is -2.98. The van der Waals surface area contributed by atoms with E-state index in [0.717, 1.165) is 5.56 Å². The van der Waals surface area contributed by atoms with Crippen molar-refractivity contribution in [3.8, 4) is 5.75 Å². The standard InChI is InChI=1S/C20H23N3O6S/c1-14-4-7-19(15(2)12-14)30(27,28)22-10-8-21(9-11-22)20(24)17-13-16(23(25)26)5-6-18(17)29-3/h4-7,12-13H,8-11H2,1-3H3. The van der Waals surface area contributed by atoms with Crippen LogP contribution >= 0.6 is 0 Å². The van der Waals surface area contributed by atoms with E-state index in [1.807, 2.05) is 13.0 Å². The molecule has 0 atom stereocenters. The van der Waals surface area contributed by atoms with Gasteiger partial charge in [-0.15, -0.1) is 0 Å². The van der Waals surface area contributed by atoms with Crippen molar-refractivity contribution in [2.24, 2.45) is 0 Å². The van der Waals surface area contributed by atoms with Crippen LogP contribution in [0.2, 0.25) is 0 Å². The van der Waals surface area contributed by atoms with Crippen LogP contribution in [0.4, 0.5) is 5.69 Å². The molecule has 0 radical (unpaired) electrons. The fourth-order valence-electron chi connectivity index (χ4n) is 3.51.